The van der Waals surface area contributed by atoms with Crippen LogP contribution < -0.4 is 0 Å². The molecule has 6 heteroatoms. The van der Waals surface area contributed by atoms with E-state index >= 15 is 0 Å². The largest absolute Gasteiger partial charge is 0.508 e. The second-order valence-electron chi connectivity index (χ2n) is 2.65. The molecule has 0 aromatic heterocycles. The van der Waals surface area contributed by atoms with Gasteiger partial charge in [0.2, 0.25) is 0 Å². The van der Waals surface area contributed by atoms with Crippen molar-refractivity contribution in [3.63, 3.8) is 0 Å². The Kier molecular flexibility index (Phi) is 3.06. The molecule has 0 fully saturated rings. The van der Waals surface area contributed by atoms with E-state index in [4.69, 9.17) is 10.2 Å². The number of aliphatic hydroxyl groups excluding tert-OH is 1. The predicted molar refractivity (Wildman–Crippen MR) is 46.8 cm³/mol. The van der Waals surface area contributed by atoms with Crippen LogP contribution in [0.15, 0.2) is 22.7 Å². The Hall–Kier alpha value is -0.750. The molecule has 1 atom stereocenters. The third-order valence-corrected chi connectivity index (χ3v) is 2.31. The molecule has 0 radical (unpaired) electrons. The van der Waals surface area contributed by atoms with Gasteiger partial charge < -0.3 is 10.2 Å². The fraction of sp³-hybridized carbons (Fsp3) is 0.250. The van der Waals surface area contributed by atoms with Gasteiger partial charge in [-0.3, -0.25) is 0 Å². The average molecular weight is 271 g/mol. The van der Waals surface area contributed by atoms with Gasteiger partial charge in [0, 0.05) is 10.0 Å². The van der Waals surface area contributed by atoms with E-state index in [0.717, 1.165) is 6.07 Å². The monoisotopic (exact) mass is 270 g/mol. The van der Waals surface area contributed by atoms with E-state index in [-0.39, 0.29) is 10.2 Å². The van der Waals surface area contributed by atoms with Gasteiger partial charge in [0.1, 0.15) is 5.75 Å². The Bertz CT molecular complexity index is 338. The van der Waals surface area contributed by atoms with Gasteiger partial charge in [-0.1, -0.05) is 15.9 Å². The van der Waals surface area contributed by atoms with Crippen LogP contribution in [-0.4, -0.2) is 16.4 Å². The molecule has 78 valence electrons. The Morgan fingerprint density at radius 3 is 2.36 bits per heavy atom. The molecule has 0 unspecified atom stereocenters. The van der Waals surface area contributed by atoms with Gasteiger partial charge in [0.05, 0.1) is 0 Å². The van der Waals surface area contributed by atoms with Crippen molar-refractivity contribution >= 4 is 15.9 Å². The summed E-state index contributed by atoms with van der Waals surface area (Å²) in [6, 6.07) is 3.32. The predicted octanol–water partition coefficient (Wildman–Crippen LogP) is 2.75. The maximum absolute atomic E-state index is 12.1. The quantitative estimate of drug-likeness (QED) is 0.824. The van der Waals surface area contributed by atoms with E-state index < -0.39 is 17.8 Å². The molecule has 1 aromatic carbocycles. The first-order chi connectivity index (χ1) is 6.32. The number of hydrogen-bond acceptors (Lipinski definition) is 2. The van der Waals surface area contributed by atoms with Crippen molar-refractivity contribution in [2.75, 3.05) is 0 Å². The van der Waals surface area contributed by atoms with Crippen LogP contribution in [0, 0.1) is 0 Å². The smallest absolute Gasteiger partial charge is 0.418 e. The van der Waals surface area contributed by atoms with Gasteiger partial charge in [-0.15, -0.1) is 0 Å². The lowest BCUT2D eigenvalue weighted by Crippen LogP contribution is -2.20. The van der Waals surface area contributed by atoms with Gasteiger partial charge >= 0.3 is 6.18 Å². The number of halogens is 4. The van der Waals surface area contributed by atoms with Crippen molar-refractivity contribution < 1.29 is 23.4 Å². The number of aromatic hydroxyl groups is 1. The molecule has 0 bridgehead atoms. The van der Waals surface area contributed by atoms with Crippen molar-refractivity contribution in [1.29, 1.82) is 0 Å². The SMILES string of the molecule is Oc1ccc(Br)c([C@@H](O)C(F)(F)F)c1. The highest BCUT2D eigenvalue weighted by Crippen LogP contribution is 2.37. The molecular formula is C8H6BrF3O2. The van der Waals surface area contributed by atoms with Crippen LogP contribution in [0.5, 0.6) is 5.75 Å². The van der Waals surface area contributed by atoms with Crippen molar-refractivity contribution in [2.45, 2.75) is 12.3 Å². The van der Waals surface area contributed by atoms with Crippen molar-refractivity contribution in [1.82, 2.24) is 0 Å². The Balaban J connectivity index is 3.12. The zero-order valence-corrected chi connectivity index (χ0v) is 8.30. The normalized spacial score (nSPS) is 14.1. The molecule has 0 aliphatic heterocycles. The first kappa shape index (κ1) is 11.3. The van der Waals surface area contributed by atoms with Crippen LogP contribution in [0.3, 0.4) is 0 Å². The van der Waals surface area contributed by atoms with Gasteiger partial charge in [0.15, 0.2) is 6.10 Å². The average Bonchev–Trinajstić information content (AvgIpc) is 2.06. The molecule has 0 aliphatic rings. The van der Waals surface area contributed by atoms with Gasteiger partial charge in [-0.05, 0) is 18.2 Å². The fourth-order valence-electron chi connectivity index (χ4n) is 0.917. The molecule has 0 saturated carbocycles. The zero-order chi connectivity index (χ0) is 10.9. The molecule has 0 heterocycles. The van der Waals surface area contributed by atoms with E-state index in [1.165, 1.54) is 12.1 Å². The summed E-state index contributed by atoms with van der Waals surface area (Å²) in [6.45, 7) is 0. The number of aliphatic hydroxyl groups is 1. The number of hydrogen-bond donors (Lipinski definition) is 2. The summed E-state index contributed by atoms with van der Waals surface area (Å²) >= 11 is 2.85. The molecule has 0 spiro atoms. The lowest BCUT2D eigenvalue weighted by molar-refractivity contribution is -0.207. The van der Waals surface area contributed by atoms with Crippen LogP contribution in [0.2, 0.25) is 0 Å². The maximum atomic E-state index is 12.1. The number of alkyl halides is 3. The summed E-state index contributed by atoms with van der Waals surface area (Å²) in [6.07, 6.45) is -7.33. The zero-order valence-electron chi connectivity index (χ0n) is 6.72. The maximum Gasteiger partial charge on any atom is 0.418 e. The Labute approximate surface area is 86.1 Å². The van der Waals surface area contributed by atoms with Gasteiger partial charge in [0.25, 0.3) is 0 Å². The van der Waals surface area contributed by atoms with E-state index in [9.17, 15) is 13.2 Å². The van der Waals surface area contributed by atoms with Crippen LogP contribution in [0.4, 0.5) is 13.2 Å². The van der Waals surface area contributed by atoms with E-state index in [1.807, 2.05) is 0 Å². The summed E-state index contributed by atoms with van der Waals surface area (Å²) < 4.78 is 36.4. The molecule has 0 aliphatic carbocycles. The third kappa shape index (κ3) is 2.39. The minimum absolute atomic E-state index is 0.0973. The highest BCUT2D eigenvalue weighted by atomic mass is 79.9. The minimum atomic E-state index is -4.74. The highest BCUT2D eigenvalue weighted by Gasteiger charge is 2.40. The van der Waals surface area contributed by atoms with E-state index in [1.54, 1.807) is 0 Å². The van der Waals surface area contributed by atoms with E-state index in [2.05, 4.69) is 15.9 Å². The number of rotatable bonds is 1. The molecule has 1 aromatic rings. The number of phenolic OH excluding ortho intramolecular Hbond substituents is 1. The van der Waals surface area contributed by atoms with Crippen LogP contribution in [-0.2, 0) is 0 Å². The highest BCUT2D eigenvalue weighted by molar-refractivity contribution is 9.10. The summed E-state index contributed by atoms with van der Waals surface area (Å²) in [5, 5.41) is 17.8. The molecule has 0 amide bonds. The lowest BCUT2D eigenvalue weighted by atomic mass is 10.1. The second-order valence-corrected chi connectivity index (χ2v) is 3.50. The molecule has 2 N–H and O–H groups in total. The standard InChI is InChI=1S/C8H6BrF3O2/c9-6-2-1-4(13)3-5(6)7(14)8(10,11)12/h1-3,7,13-14H/t7-/m1/s1. The first-order valence-electron chi connectivity index (χ1n) is 3.55. The lowest BCUT2D eigenvalue weighted by Gasteiger charge is -2.16. The van der Waals surface area contributed by atoms with Gasteiger partial charge in [-0.2, -0.15) is 13.2 Å². The molecule has 2 nitrogen and oxygen atoms in total. The molecule has 1 rings (SSSR count). The molecular weight excluding hydrogens is 265 g/mol. The van der Waals surface area contributed by atoms with Gasteiger partial charge in [-0.25, -0.2) is 0 Å². The molecule has 14 heavy (non-hydrogen) atoms. The van der Waals surface area contributed by atoms with Crippen LogP contribution in [0.25, 0.3) is 0 Å². The first-order valence-corrected chi connectivity index (χ1v) is 4.35. The topological polar surface area (TPSA) is 40.5 Å². The van der Waals surface area contributed by atoms with Crippen LogP contribution in [0.1, 0.15) is 11.7 Å². The van der Waals surface area contributed by atoms with Crippen molar-refractivity contribution in [2.24, 2.45) is 0 Å². The van der Waals surface area contributed by atoms with E-state index in [0.29, 0.717) is 0 Å². The molecule has 0 saturated heterocycles. The fourth-order valence-corrected chi connectivity index (χ4v) is 1.38. The Morgan fingerprint density at radius 2 is 1.86 bits per heavy atom. The number of benzene rings is 1. The van der Waals surface area contributed by atoms with Crippen molar-refractivity contribution in [3.05, 3.63) is 28.2 Å². The number of phenols is 1. The minimum Gasteiger partial charge on any atom is -0.508 e. The summed E-state index contributed by atoms with van der Waals surface area (Å²) in [4.78, 5) is 0. The van der Waals surface area contributed by atoms with Crippen LogP contribution >= 0.6 is 15.9 Å². The summed E-state index contributed by atoms with van der Waals surface area (Å²) in [7, 11) is 0. The Morgan fingerprint density at radius 1 is 1.29 bits per heavy atom. The second kappa shape index (κ2) is 3.78. The van der Waals surface area contributed by atoms with Crippen molar-refractivity contribution in [3.8, 4) is 5.75 Å². The summed E-state index contributed by atoms with van der Waals surface area (Å²) in [5.41, 5.74) is -0.405. The third-order valence-electron chi connectivity index (χ3n) is 1.58. The summed E-state index contributed by atoms with van der Waals surface area (Å²) in [5.74, 6) is -0.327.